The highest BCUT2D eigenvalue weighted by atomic mass is 35.5. The predicted molar refractivity (Wildman–Crippen MR) is 79.9 cm³/mol. The number of anilines is 1. The lowest BCUT2D eigenvalue weighted by Crippen LogP contribution is -1.99. The summed E-state index contributed by atoms with van der Waals surface area (Å²) in [7, 11) is 0. The van der Waals surface area contributed by atoms with Gasteiger partial charge >= 0.3 is 0 Å². The van der Waals surface area contributed by atoms with Gasteiger partial charge in [-0.1, -0.05) is 17.7 Å². The second-order valence-corrected chi connectivity index (χ2v) is 4.82. The molecule has 0 unspecified atom stereocenters. The third-order valence-electron chi connectivity index (χ3n) is 2.97. The van der Waals surface area contributed by atoms with Gasteiger partial charge in [-0.3, -0.25) is 5.43 Å². The topological polar surface area (TPSA) is 42.9 Å². The second-order valence-electron chi connectivity index (χ2n) is 4.39. The average Bonchev–Trinajstić information content (AvgIpc) is 2.92. The Kier molecular flexibility index (Phi) is 3.48. The molecular formula is C15H13ClN2O2. The van der Waals surface area contributed by atoms with Gasteiger partial charge in [-0.15, -0.1) is 0 Å². The van der Waals surface area contributed by atoms with Crippen LogP contribution in [0.2, 0.25) is 5.02 Å². The van der Waals surface area contributed by atoms with Crippen molar-refractivity contribution in [2.45, 2.75) is 6.92 Å². The van der Waals surface area contributed by atoms with Crippen LogP contribution >= 0.6 is 11.6 Å². The fourth-order valence-corrected chi connectivity index (χ4v) is 2.08. The normalized spacial score (nSPS) is 13.4. The number of fused-ring (bicyclic) bond motifs is 1. The molecule has 0 amide bonds. The van der Waals surface area contributed by atoms with Crippen molar-refractivity contribution in [2.75, 3.05) is 12.2 Å². The van der Waals surface area contributed by atoms with Crippen LogP contribution in [0.3, 0.4) is 0 Å². The van der Waals surface area contributed by atoms with E-state index in [0.717, 1.165) is 28.5 Å². The summed E-state index contributed by atoms with van der Waals surface area (Å²) in [5, 5.41) is 5.02. The number of rotatable bonds is 3. The lowest BCUT2D eigenvalue weighted by atomic mass is 10.1. The first-order chi connectivity index (χ1) is 9.72. The van der Waals surface area contributed by atoms with E-state index in [1.807, 2.05) is 49.4 Å². The van der Waals surface area contributed by atoms with Crippen molar-refractivity contribution in [1.29, 1.82) is 0 Å². The van der Waals surface area contributed by atoms with E-state index in [1.54, 1.807) is 0 Å². The van der Waals surface area contributed by atoms with Crippen molar-refractivity contribution < 1.29 is 9.47 Å². The first-order valence-corrected chi connectivity index (χ1v) is 6.56. The zero-order valence-electron chi connectivity index (χ0n) is 10.9. The Bertz CT molecular complexity index is 671. The van der Waals surface area contributed by atoms with E-state index in [-0.39, 0.29) is 6.79 Å². The van der Waals surface area contributed by atoms with Gasteiger partial charge in [0.2, 0.25) is 6.79 Å². The van der Waals surface area contributed by atoms with E-state index in [0.29, 0.717) is 5.02 Å². The molecular weight excluding hydrogens is 276 g/mol. The quantitative estimate of drug-likeness (QED) is 0.688. The summed E-state index contributed by atoms with van der Waals surface area (Å²) in [5.41, 5.74) is 5.65. The SMILES string of the molecule is C/C(=N/Nc1cccc(Cl)c1)c1ccc2c(c1)OCO2. The highest BCUT2D eigenvalue weighted by Crippen LogP contribution is 2.32. The van der Waals surface area contributed by atoms with Crippen LogP contribution in [0.25, 0.3) is 0 Å². The van der Waals surface area contributed by atoms with Gasteiger partial charge in [-0.25, -0.2) is 0 Å². The molecule has 0 atom stereocenters. The molecule has 0 saturated carbocycles. The van der Waals surface area contributed by atoms with Gasteiger partial charge in [0.25, 0.3) is 0 Å². The Morgan fingerprint density at radius 3 is 2.85 bits per heavy atom. The molecule has 4 nitrogen and oxygen atoms in total. The van der Waals surface area contributed by atoms with Crippen LogP contribution in [0, 0.1) is 0 Å². The molecule has 3 rings (SSSR count). The zero-order valence-corrected chi connectivity index (χ0v) is 11.6. The Morgan fingerprint density at radius 1 is 1.15 bits per heavy atom. The van der Waals surface area contributed by atoms with Crippen LogP contribution in [-0.2, 0) is 0 Å². The number of halogens is 1. The summed E-state index contributed by atoms with van der Waals surface area (Å²) in [6.07, 6.45) is 0. The molecule has 0 spiro atoms. The van der Waals surface area contributed by atoms with Crippen molar-refractivity contribution >= 4 is 23.0 Å². The van der Waals surface area contributed by atoms with E-state index >= 15 is 0 Å². The number of hydrazone groups is 1. The lowest BCUT2D eigenvalue weighted by molar-refractivity contribution is 0.174. The second kappa shape index (κ2) is 5.43. The van der Waals surface area contributed by atoms with Gasteiger partial charge in [0, 0.05) is 10.6 Å². The minimum absolute atomic E-state index is 0.274. The number of hydrogen-bond acceptors (Lipinski definition) is 4. The van der Waals surface area contributed by atoms with Crippen molar-refractivity contribution in [3.05, 3.63) is 53.1 Å². The monoisotopic (exact) mass is 288 g/mol. The van der Waals surface area contributed by atoms with Crippen LogP contribution in [0.1, 0.15) is 12.5 Å². The van der Waals surface area contributed by atoms with Gasteiger partial charge in [0.15, 0.2) is 11.5 Å². The lowest BCUT2D eigenvalue weighted by Gasteiger charge is -2.05. The van der Waals surface area contributed by atoms with Crippen molar-refractivity contribution in [2.24, 2.45) is 5.10 Å². The molecule has 102 valence electrons. The number of benzene rings is 2. The Labute approximate surface area is 122 Å². The fraction of sp³-hybridized carbons (Fsp3) is 0.133. The molecule has 0 saturated heterocycles. The van der Waals surface area contributed by atoms with E-state index in [9.17, 15) is 0 Å². The molecule has 0 bridgehead atoms. The number of ether oxygens (including phenoxy) is 2. The van der Waals surface area contributed by atoms with Crippen LogP contribution in [0.4, 0.5) is 5.69 Å². The molecule has 0 aromatic heterocycles. The van der Waals surface area contributed by atoms with Gasteiger partial charge in [0.05, 0.1) is 11.4 Å². The minimum Gasteiger partial charge on any atom is -0.454 e. The first-order valence-electron chi connectivity index (χ1n) is 6.18. The molecule has 5 heteroatoms. The number of hydrogen-bond donors (Lipinski definition) is 1. The Balaban J connectivity index is 1.78. The molecule has 2 aromatic carbocycles. The predicted octanol–water partition coefficient (Wildman–Crippen LogP) is 3.90. The summed E-state index contributed by atoms with van der Waals surface area (Å²) in [6.45, 7) is 2.20. The summed E-state index contributed by atoms with van der Waals surface area (Å²) >= 11 is 5.92. The van der Waals surface area contributed by atoms with E-state index < -0.39 is 0 Å². The van der Waals surface area contributed by atoms with Gasteiger partial charge in [-0.05, 0) is 43.3 Å². The molecule has 1 aliphatic rings. The average molecular weight is 289 g/mol. The van der Waals surface area contributed by atoms with Crippen molar-refractivity contribution in [3.8, 4) is 11.5 Å². The molecule has 20 heavy (non-hydrogen) atoms. The maximum absolute atomic E-state index is 5.92. The van der Waals surface area contributed by atoms with Crippen LogP contribution in [0.5, 0.6) is 11.5 Å². The standard InChI is InChI=1S/C15H13ClN2O2/c1-10(17-18-13-4-2-3-12(16)8-13)11-5-6-14-15(7-11)20-9-19-14/h2-8,18H,9H2,1H3/b17-10-. The highest BCUT2D eigenvalue weighted by molar-refractivity contribution is 6.30. The van der Waals surface area contributed by atoms with Crippen LogP contribution in [0.15, 0.2) is 47.6 Å². The third-order valence-corrected chi connectivity index (χ3v) is 3.20. The highest BCUT2D eigenvalue weighted by Gasteiger charge is 2.13. The Morgan fingerprint density at radius 2 is 2.00 bits per heavy atom. The van der Waals surface area contributed by atoms with Crippen molar-refractivity contribution in [1.82, 2.24) is 0 Å². The van der Waals surface area contributed by atoms with Gasteiger partial charge in [-0.2, -0.15) is 5.10 Å². The number of nitrogens with one attached hydrogen (secondary N) is 1. The fourth-order valence-electron chi connectivity index (χ4n) is 1.89. The Hall–Kier alpha value is -2.20. The van der Waals surface area contributed by atoms with E-state index in [1.165, 1.54) is 0 Å². The smallest absolute Gasteiger partial charge is 0.231 e. The zero-order chi connectivity index (χ0) is 13.9. The molecule has 1 aliphatic heterocycles. The third kappa shape index (κ3) is 2.70. The van der Waals surface area contributed by atoms with Crippen LogP contribution in [-0.4, -0.2) is 12.5 Å². The van der Waals surface area contributed by atoms with Crippen molar-refractivity contribution in [3.63, 3.8) is 0 Å². The molecule has 0 fully saturated rings. The molecule has 0 aliphatic carbocycles. The van der Waals surface area contributed by atoms with Gasteiger partial charge < -0.3 is 9.47 Å². The molecule has 0 radical (unpaired) electrons. The first kappa shape index (κ1) is 12.8. The maximum atomic E-state index is 5.92. The molecule has 1 N–H and O–H groups in total. The maximum Gasteiger partial charge on any atom is 0.231 e. The van der Waals surface area contributed by atoms with Gasteiger partial charge in [0.1, 0.15) is 0 Å². The summed E-state index contributed by atoms with van der Waals surface area (Å²) in [4.78, 5) is 0. The summed E-state index contributed by atoms with van der Waals surface area (Å²) < 4.78 is 10.6. The largest absolute Gasteiger partial charge is 0.454 e. The summed E-state index contributed by atoms with van der Waals surface area (Å²) in [6, 6.07) is 13.2. The summed E-state index contributed by atoms with van der Waals surface area (Å²) in [5.74, 6) is 1.52. The number of nitrogens with zero attached hydrogens (tertiary/aromatic N) is 1. The van der Waals surface area contributed by atoms with Crippen LogP contribution < -0.4 is 14.9 Å². The molecule has 1 heterocycles. The van der Waals surface area contributed by atoms with E-state index in [2.05, 4.69) is 10.5 Å². The minimum atomic E-state index is 0.274. The molecule has 2 aromatic rings. The van der Waals surface area contributed by atoms with E-state index in [4.69, 9.17) is 21.1 Å².